The first-order valence-corrected chi connectivity index (χ1v) is 8.59. The minimum absolute atomic E-state index is 0.00388. The van der Waals surface area contributed by atoms with E-state index in [2.05, 4.69) is 12.2 Å². The summed E-state index contributed by atoms with van der Waals surface area (Å²) in [5, 5.41) is 4.73. The smallest absolute Gasteiger partial charge is 0.255 e. The number of carbonyl (C=O) groups excluding carboxylic acids is 2. The molecule has 0 aromatic carbocycles. The molecule has 2 rings (SSSR count). The Morgan fingerprint density at radius 1 is 1.43 bits per heavy atom. The highest BCUT2D eigenvalue weighted by molar-refractivity contribution is 7.10. The zero-order valence-corrected chi connectivity index (χ0v) is 13.9. The zero-order chi connectivity index (χ0) is 15.4. The molecule has 1 aromatic rings. The van der Waals surface area contributed by atoms with Crippen molar-refractivity contribution >= 4 is 23.2 Å². The van der Waals surface area contributed by atoms with Gasteiger partial charge in [0.1, 0.15) is 0 Å². The van der Waals surface area contributed by atoms with E-state index in [0.29, 0.717) is 19.0 Å². The molecule has 1 atom stereocenters. The first kappa shape index (κ1) is 16.0. The van der Waals surface area contributed by atoms with Gasteiger partial charge in [0.25, 0.3) is 5.91 Å². The van der Waals surface area contributed by atoms with Crippen molar-refractivity contribution in [1.29, 1.82) is 0 Å². The first-order valence-electron chi connectivity index (χ1n) is 7.72. The van der Waals surface area contributed by atoms with Crippen molar-refractivity contribution in [2.75, 3.05) is 19.6 Å². The van der Waals surface area contributed by atoms with Crippen LogP contribution in [0.4, 0.5) is 0 Å². The molecule has 1 heterocycles. The van der Waals surface area contributed by atoms with Crippen LogP contribution in [-0.4, -0.2) is 36.3 Å². The molecule has 0 spiro atoms. The lowest BCUT2D eigenvalue weighted by Crippen LogP contribution is -2.40. The maximum atomic E-state index is 12.7. The molecule has 0 saturated heterocycles. The highest BCUT2D eigenvalue weighted by atomic mass is 32.1. The minimum Gasteiger partial charge on any atom is -0.355 e. The van der Waals surface area contributed by atoms with E-state index in [1.807, 2.05) is 19.2 Å². The zero-order valence-electron chi connectivity index (χ0n) is 13.1. The third kappa shape index (κ3) is 3.64. The number of nitrogens with zero attached hydrogens (tertiary/aromatic N) is 1. The van der Waals surface area contributed by atoms with Crippen LogP contribution in [0, 0.1) is 5.92 Å². The molecule has 0 radical (unpaired) electrons. The van der Waals surface area contributed by atoms with Gasteiger partial charge in [0.05, 0.1) is 12.1 Å². The van der Waals surface area contributed by atoms with Crippen LogP contribution < -0.4 is 5.32 Å². The predicted molar refractivity (Wildman–Crippen MR) is 85.8 cm³/mol. The number of likely N-dealkylation sites (N-methyl/N-ethyl adjacent to an activating group) is 2. The van der Waals surface area contributed by atoms with E-state index >= 15 is 0 Å². The predicted octanol–water partition coefficient (Wildman–Crippen LogP) is 2.47. The second kappa shape index (κ2) is 7.07. The van der Waals surface area contributed by atoms with Gasteiger partial charge in [-0.3, -0.25) is 9.59 Å². The van der Waals surface area contributed by atoms with Gasteiger partial charge in [0.2, 0.25) is 5.91 Å². The normalized spacial score (nSPS) is 17.2. The monoisotopic (exact) mass is 308 g/mol. The van der Waals surface area contributed by atoms with Gasteiger partial charge in [-0.05, 0) is 44.6 Å². The van der Waals surface area contributed by atoms with Crippen molar-refractivity contribution in [2.45, 2.75) is 40.0 Å². The summed E-state index contributed by atoms with van der Waals surface area (Å²) in [6.45, 7) is 7.35. The topological polar surface area (TPSA) is 49.4 Å². The Labute approximate surface area is 130 Å². The van der Waals surface area contributed by atoms with Crippen LogP contribution >= 0.6 is 11.3 Å². The fourth-order valence-corrected chi connectivity index (χ4v) is 4.02. The molecule has 5 heteroatoms. The molecule has 1 aliphatic rings. The summed E-state index contributed by atoms with van der Waals surface area (Å²) in [5.74, 6) is 0.609. The SMILES string of the molecule is CCNC(=O)CN(CC)C(=O)c1csc2c1CCC(C)C2. The third-order valence-corrected chi connectivity index (χ3v) is 5.06. The van der Waals surface area contributed by atoms with Gasteiger partial charge in [-0.1, -0.05) is 6.92 Å². The highest BCUT2D eigenvalue weighted by Crippen LogP contribution is 2.33. The second-order valence-electron chi connectivity index (χ2n) is 5.67. The first-order chi connectivity index (χ1) is 10.1. The molecule has 0 fully saturated rings. The summed E-state index contributed by atoms with van der Waals surface area (Å²) in [6.07, 6.45) is 3.21. The van der Waals surface area contributed by atoms with Crippen LogP contribution in [-0.2, 0) is 17.6 Å². The third-order valence-electron chi connectivity index (χ3n) is 4.01. The molecular weight excluding hydrogens is 284 g/mol. The van der Waals surface area contributed by atoms with Crippen LogP contribution in [0.1, 0.15) is 48.0 Å². The van der Waals surface area contributed by atoms with E-state index in [1.54, 1.807) is 16.2 Å². The number of amides is 2. The lowest BCUT2D eigenvalue weighted by molar-refractivity contribution is -0.121. The maximum absolute atomic E-state index is 12.7. The largest absolute Gasteiger partial charge is 0.355 e. The molecule has 1 unspecified atom stereocenters. The van der Waals surface area contributed by atoms with Crippen LogP contribution in [0.15, 0.2) is 5.38 Å². The van der Waals surface area contributed by atoms with Crippen molar-refractivity contribution < 1.29 is 9.59 Å². The quantitative estimate of drug-likeness (QED) is 0.908. The number of hydrogen-bond donors (Lipinski definition) is 1. The summed E-state index contributed by atoms with van der Waals surface area (Å²) >= 11 is 1.69. The Morgan fingerprint density at radius 3 is 2.86 bits per heavy atom. The molecule has 1 N–H and O–H groups in total. The van der Waals surface area contributed by atoms with Gasteiger partial charge >= 0.3 is 0 Å². The summed E-state index contributed by atoms with van der Waals surface area (Å²) in [6, 6.07) is 0. The summed E-state index contributed by atoms with van der Waals surface area (Å²) < 4.78 is 0. The van der Waals surface area contributed by atoms with Gasteiger partial charge in [0, 0.05) is 23.3 Å². The Balaban J connectivity index is 2.13. The molecule has 0 aliphatic heterocycles. The van der Waals surface area contributed by atoms with Crippen molar-refractivity contribution in [2.24, 2.45) is 5.92 Å². The number of rotatable bonds is 5. The average molecular weight is 308 g/mol. The van der Waals surface area contributed by atoms with E-state index in [9.17, 15) is 9.59 Å². The van der Waals surface area contributed by atoms with Crippen LogP contribution in [0.25, 0.3) is 0 Å². The van der Waals surface area contributed by atoms with Gasteiger partial charge in [-0.25, -0.2) is 0 Å². The molecule has 1 aromatic heterocycles. The molecule has 4 nitrogen and oxygen atoms in total. The summed E-state index contributed by atoms with van der Waals surface area (Å²) in [5.41, 5.74) is 2.03. The Morgan fingerprint density at radius 2 is 2.19 bits per heavy atom. The molecule has 116 valence electrons. The standard InChI is InChI=1S/C16H24N2O2S/c1-4-17-15(19)9-18(5-2)16(20)13-10-21-14-8-11(3)6-7-12(13)14/h10-11H,4-9H2,1-3H3,(H,17,19). The number of fused-ring (bicyclic) bond motifs is 1. The van der Waals surface area contributed by atoms with Crippen molar-refractivity contribution in [3.05, 3.63) is 21.4 Å². The maximum Gasteiger partial charge on any atom is 0.255 e. The molecule has 0 saturated carbocycles. The van der Waals surface area contributed by atoms with E-state index in [-0.39, 0.29) is 18.4 Å². The fraction of sp³-hybridized carbons (Fsp3) is 0.625. The van der Waals surface area contributed by atoms with Crippen molar-refractivity contribution in [3.63, 3.8) is 0 Å². The Hall–Kier alpha value is -1.36. The summed E-state index contributed by atoms with van der Waals surface area (Å²) in [7, 11) is 0. The number of carbonyl (C=O) groups is 2. The van der Waals surface area contributed by atoms with E-state index in [4.69, 9.17) is 0 Å². The Kier molecular flexibility index (Phi) is 5.39. The van der Waals surface area contributed by atoms with Gasteiger partial charge in [-0.2, -0.15) is 0 Å². The van der Waals surface area contributed by atoms with Gasteiger partial charge < -0.3 is 10.2 Å². The molecular formula is C16H24N2O2S. The summed E-state index contributed by atoms with van der Waals surface area (Å²) in [4.78, 5) is 27.4. The second-order valence-corrected chi connectivity index (χ2v) is 6.64. The van der Waals surface area contributed by atoms with E-state index in [0.717, 1.165) is 24.8 Å². The van der Waals surface area contributed by atoms with Crippen LogP contribution in [0.3, 0.4) is 0 Å². The van der Waals surface area contributed by atoms with Crippen molar-refractivity contribution in [1.82, 2.24) is 10.2 Å². The molecule has 2 amide bonds. The lowest BCUT2D eigenvalue weighted by Gasteiger charge is -2.23. The average Bonchev–Trinajstić information content (AvgIpc) is 2.87. The van der Waals surface area contributed by atoms with Crippen molar-refractivity contribution in [3.8, 4) is 0 Å². The molecule has 21 heavy (non-hydrogen) atoms. The van der Waals surface area contributed by atoms with Crippen LogP contribution in [0.5, 0.6) is 0 Å². The van der Waals surface area contributed by atoms with E-state index in [1.165, 1.54) is 10.4 Å². The van der Waals surface area contributed by atoms with Gasteiger partial charge in [-0.15, -0.1) is 11.3 Å². The molecule has 0 bridgehead atoms. The minimum atomic E-state index is -0.0922. The highest BCUT2D eigenvalue weighted by Gasteiger charge is 2.26. The number of nitrogens with one attached hydrogen (secondary N) is 1. The van der Waals surface area contributed by atoms with Gasteiger partial charge in [0.15, 0.2) is 0 Å². The lowest BCUT2D eigenvalue weighted by atomic mass is 9.88. The van der Waals surface area contributed by atoms with E-state index < -0.39 is 0 Å². The van der Waals surface area contributed by atoms with Crippen LogP contribution in [0.2, 0.25) is 0 Å². The Bertz CT molecular complexity index is 524. The number of hydrogen-bond acceptors (Lipinski definition) is 3. The molecule has 1 aliphatic carbocycles. The fourth-order valence-electron chi connectivity index (χ4n) is 2.78. The number of thiophene rings is 1.